The van der Waals surface area contributed by atoms with Gasteiger partial charge in [-0.25, -0.2) is 9.59 Å². The Morgan fingerprint density at radius 2 is 1.60 bits per heavy atom. The lowest BCUT2D eigenvalue weighted by Crippen LogP contribution is -2.47. The standard InChI is InChI=1S/C28H32N2O5/c31-26(30-15-7-1-2-12-25(30)27(32)33)18-13-14-19(16-18)29-28(34)35-17-24-22-10-5-3-8-20(22)21-9-4-6-11-23(21)24/h3-6,8-11,18-19,24-25H,1-2,7,12-17H2,(H,29,34)(H,32,33)/t18-,19+,25?/m0/s1. The van der Waals surface area contributed by atoms with Crippen LogP contribution < -0.4 is 5.32 Å². The van der Waals surface area contributed by atoms with E-state index in [1.54, 1.807) is 4.90 Å². The minimum Gasteiger partial charge on any atom is -0.480 e. The summed E-state index contributed by atoms with van der Waals surface area (Å²) in [4.78, 5) is 39.1. The van der Waals surface area contributed by atoms with Gasteiger partial charge in [0.15, 0.2) is 0 Å². The monoisotopic (exact) mass is 476 g/mol. The Labute approximate surface area is 205 Å². The predicted octanol–water partition coefficient (Wildman–Crippen LogP) is 4.55. The molecule has 3 aliphatic rings. The van der Waals surface area contributed by atoms with E-state index in [0.29, 0.717) is 32.2 Å². The zero-order valence-electron chi connectivity index (χ0n) is 19.8. The number of fused-ring (bicyclic) bond motifs is 3. The molecule has 2 N–H and O–H groups in total. The van der Waals surface area contributed by atoms with Crippen molar-refractivity contribution in [3.63, 3.8) is 0 Å². The molecule has 2 amide bonds. The molecular weight excluding hydrogens is 444 g/mol. The van der Waals surface area contributed by atoms with Crippen LogP contribution in [-0.2, 0) is 14.3 Å². The van der Waals surface area contributed by atoms with Crippen molar-refractivity contribution in [2.24, 2.45) is 5.92 Å². The van der Waals surface area contributed by atoms with E-state index >= 15 is 0 Å². The van der Waals surface area contributed by atoms with Crippen molar-refractivity contribution in [2.45, 2.75) is 62.9 Å². The predicted molar refractivity (Wildman–Crippen MR) is 131 cm³/mol. The molecule has 5 rings (SSSR count). The second kappa shape index (κ2) is 10.1. The van der Waals surface area contributed by atoms with Crippen LogP contribution in [-0.4, -0.2) is 53.2 Å². The molecule has 2 aliphatic carbocycles. The number of nitrogens with zero attached hydrogens (tertiary/aromatic N) is 1. The minimum atomic E-state index is -0.924. The maximum atomic E-state index is 13.2. The number of amides is 2. The van der Waals surface area contributed by atoms with Gasteiger partial charge in [0, 0.05) is 24.4 Å². The molecule has 3 atom stereocenters. The SMILES string of the molecule is O=C(N[C@@H]1CC[C@H](C(=O)N2CCCCCC2C(=O)O)C1)OCC1c2ccccc2-c2ccccc21. The fourth-order valence-corrected chi connectivity index (χ4v) is 6.01. The first-order chi connectivity index (χ1) is 17.0. The highest BCUT2D eigenvalue weighted by Gasteiger charge is 2.38. The number of hydrogen-bond acceptors (Lipinski definition) is 4. The summed E-state index contributed by atoms with van der Waals surface area (Å²) in [5, 5.41) is 12.5. The Morgan fingerprint density at radius 3 is 2.29 bits per heavy atom. The van der Waals surface area contributed by atoms with Gasteiger partial charge in [0.2, 0.25) is 5.91 Å². The first kappa shape index (κ1) is 23.4. The fraction of sp³-hybridized carbons (Fsp3) is 0.464. The number of likely N-dealkylation sites (tertiary alicyclic amines) is 1. The summed E-state index contributed by atoms with van der Waals surface area (Å²) < 4.78 is 5.66. The molecule has 2 aromatic rings. The van der Waals surface area contributed by atoms with E-state index in [4.69, 9.17) is 4.74 Å². The number of carbonyl (C=O) groups excluding carboxylic acids is 2. The van der Waals surface area contributed by atoms with Crippen molar-refractivity contribution in [3.05, 3.63) is 59.7 Å². The molecule has 2 aromatic carbocycles. The Bertz CT molecular complexity index is 1070. The van der Waals surface area contributed by atoms with Gasteiger partial charge in [-0.15, -0.1) is 0 Å². The van der Waals surface area contributed by atoms with E-state index in [1.165, 1.54) is 22.3 Å². The molecule has 1 saturated carbocycles. The van der Waals surface area contributed by atoms with Crippen molar-refractivity contribution in [1.82, 2.24) is 10.2 Å². The normalized spacial score (nSPS) is 23.8. The van der Waals surface area contributed by atoms with Gasteiger partial charge in [-0.05, 0) is 54.4 Å². The highest BCUT2D eigenvalue weighted by Crippen LogP contribution is 2.44. The van der Waals surface area contributed by atoms with Crippen LogP contribution in [0.4, 0.5) is 4.79 Å². The van der Waals surface area contributed by atoms with E-state index in [1.807, 2.05) is 24.3 Å². The third kappa shape index (κ3) is 4.77. The Kier molecular flexibility index (Phi) is 6.75. The smallest absolute Gasteiger partial charge is 0.407 e. The van der Waals surface area contributed by atoms with Gasteiger partial charge < -0.3 is 20.1 Å². The summed E-state index contributed by atoms with van der Waals surface area (Å²) in [7, 11) is 0. The summed E-state index contributed by atoms with van der Waals surface area (Å²) in [6, 6.07) is 15.5. The van der Waals surface area contributed by atoms with Gasteiger partial charge in [-0.3, -0.25) is 4.79 Å². The molecule has 0 aromatic heterocycles. The third-order valence-corrected chi connectivity index (χ3v) is 7.77. The molecule has 1 heterocycles. The number of carboxylic acids is 1. The van der Waals surface area contributed by atoms with Crippen LogP contribution in [0.5, 0.6) is 0 Å². The number of carboxylic acid groups (broad SMARTS) is 1. The summed E-state index contributed by atoms with van der Waals surface area (Å²) in [5.74, 6) is -1.27. The van der Waals surface area contributed by atoms with Crippen molar-refractivity contribution in [2.75, 3.05) is 13.2 Å². The second-order valence-corrected chi connectivity index (χ2v) is 9.91. The zero-order valence-corrected chi connectivity index (χ0v) is 19.8. The summed E-state index contributed by atoms with van der Waals surface area (Å²) in [6.45, 7) is 0.750. The molecule has 35 heavy (non-hydrogen) atoms. The first-order valence-electron chi connectivity index (χ1n) is 12.7. The summed E-state index contributed by atoms with van der Waals surface area (Å²) in [5.41, 5.74) is 4.70. The van der Waals surface area contributed by atoms with Gasteiger partial charge in [-0.2, -0.15) is 0 Å². The van der Waals surface area contributed by atoms with Crippen molar-refractivity contribution >= 4 is 18.0 Å². The number of ether oxygens (including phenoxy) is 1. The van der Waals surface area contributed by atoms with Crippen molar-refractivity contribution in [3.8, 4) is 11.1 Å². The molecule has 0 radical (unpaired) electrons. The molecule has 1 unspecified atom stereocenters. The van der Waals surface area contributed by atoms with Crippen LogP contribution in [0.15, 0.2) is 48.5 Å². The highest BCUT2D eigenvalue weighted by atomic mass is 16.5. The molecule has 2 fully saturated rings. The van der Waals surface area contributed by atoms with Gasteiger partial charge in [0.1, 0.15) is 12.6 Å². The van der Waals surface area contributed by atoms with Crippen LogP contribution >= 0.6 is 0 Å². The van der Waals surface area contributed by atoms with Gasteiger partial charge in [0.05, 0.1) is 0 Å². The lowest BCUT2D eigenvalue weighted by atomic mass is 9.98. The molecule has 0 spiro atoms. The van der Waals surface area contributed by atoms with Gasteiger partial charge >= 0.3 is 12.1 Å². The van der Waals surface area contributed by atoms with Gasteiger partial charge in [0.25, 0.3) is 0 Å². The maximum absolute atomic E-state index is 13.2. The summed E-state index contributed by atoms with van der Waals surface area (Å²) in [6.07, 6.45) is 4.51. The summed E-state index contributed by atoms with van der Waals surface area (Å²) >= 11 is 0. The zero-order chi connectivity index (χ0) is 24.4. The van der Waals surface area contributed by atoms with E-state index in [-0.39, 0.29) is 30.4 Å². The van der Waals surface area contributed by atoms with Crippen LogP contribution in [0, 0.1) is 5.92 Å². The molecule has 184 valence electrons. The van der Waals surface area contributed by atoms with Crippen LogP contribution in [0.3, 0.4) is 0 Å². The van der Waals surface area contributed by atoms with E-state index < -0.39 is 18.1 Å². The number of alkyl carbamates (subject to hydrolysis) is 1. The van der Waals surface area contributed by atoms with E-state index in [0.717, 1.165) is 19.3 Å². The Hall–Kier alpha value is -3.35. The number of nitrogens with one attached hydrogen (secondary N) is 1. The quantitative estimate of drug-likeness (QED) is 0.660. The largest absolute Gasteiger partial charge is 0.480 e. The molecule has 7 heteroatoms. The second-order valence-electron chi connectivity index (χ2n) is 9.91. The van der Waals surface area contributed by atoms with Gasteiger partial charge in [-0.1, -0.05) is 61.4 Å². The van der Waals surface area contributed by atoms with Crippen molar-refractivity contribution in [1.29, 1.82) is 0 Å². The van der Waals surface area contributed by atoms with E-state index in [9.17, 15) is 19.5 Å². The number of carbonyl (C=O) groups is 3. The minimum absolute atomic E-state index is 0.00189. The van der Waals surface area contributed by atoms with E-state index in [2.05, 4.69) is 29.6 Å². The Morgan fingerprint density at radius 1 is 0.914 bits per heavy atom. The van der Waals surface area contributed by atoms with Crippen molar-refractivity contribution < 1.29 is 24.2 Å². The average Bonchev–Trinajstić information content (AvgIpc) is 3.35. The molecule has 1 aliphatic heterocycles. The molecule has 7 nitrogen and oxygen atoms in total. The lowest BCUT2D eigenvalue weighted by molar-refractivity contribution is -0.152. The van der Waals surface area contributed by atoms with Crippen LogP contribution in [0.25, 0.3) is 11.1 Å². The topological polar surface area (TPSA) is 95.9 Å². The van der Waals surface area contributed by atoms with Crippen LogP contribution in [0.1, 0.15) is 62.0 Å². The Balaban J connectivity index is 1.16. The molecular formula is C28H32N2O5. The highest BCUT2D eigenvalue weighted by molar-refractivity contribution is 5.85. The maximum Gasteiger partial charge on any atom is 0.407 e. The third-order valence-electron chi connectivity index (χ3n) is 7.77. The molecule has 0 bridgehead atoms. The average molecular weight is 477 g/mol. The number of benzene rings is 2. The number of rotatable bonds is 5. The number of aliphatic carboxylic acids is 1. The number of hydrogen-bond donors (Lipinski definition) is 2. The fourth-order valence-electron chi connectivity index (χ4n) is 6.01. The van der Waals surface area contributed by atoms with Crippen LogP contribution in [0.2, 0.25) is 0 Å². The molecule has 1 saturated heterocycles. The first-order valence-corrected chi connectivity index (χ1v) is 12.7. The lowest BCUT2D eigenvalue weighted by Gasteiger charge is -2.29.